The van der Waals surface area contributed by atoms with Crippen LogP contribution in [0.2, 0.25) is 0 Å². The maximum atomic E-state index is 11.9. The maximum Gasteiger partial charge on any atom is 0.408 e. The molecule has 0 aliphatic heterocycles. The quantitative estimate of drug-likeness (QED) is 0.711. The summed E-state index contributed by atoms with van der Waals surface area (Å²) < 4.78 is 5.05. The Kier molecular flexibility index (Phi) is 5.55. The van der Waals surface area contributed by atoms with Gasteiger partial charge in [0.05, 0.1) is 12.1 Å². The molecule has 1 aromatic rings. The van der Waals surface area contributed by atoms with E-state index in [0.717, 1.165) is 5.56 Å². The first-order valence-electron chi connectivity index (χ1n) is 7.18. The molecule has 118 valence electrons. The van der Waals surface area contributed by atoms with E-state index in [2.05, 4.69) is 10.6 Å². The highest BCUT2D eigenvalue weighted by Gasteiger charge is 2.22. The van der Waals surface area contributed by atoms with Gasteiger partial charge in [0, 0.05) is 6.42 Å². The molecule has 0 spiro atoms. The van der Waals surface area contributed by atoms with Crippen LogP contribution in [0.3, 0.4) is 0 Å². The SMILES string of the molecule is C[C@H](NC(=O)OCc1ccccc1)C(=O)N[C@H]1C=C[C@@H](O)C1. The van der Waals surface area contributed by atoms with Gasteiger partial charge in [-0.3, -0.25) is 4.79 Å². The highest BCUT2D eigenvalue weighted by molar-refractivity contribution is 5.85. The van der Waals surface area contributed by atoms with E-state index in [4.69, 9.17) is 4.74 Å². The second-order valence-corrected chi connectivity index (χ2v) is 5.23. The minimum absolute atomic E-state index is 0.151. The van der Waals surface area contributed by atoms with Gasteiger partial charge in [0.1, 0.15) is 12.6 Å². The summed E-state index contributed by atoms with van der Waals surface area (Å²) in [5, 5.41) is 14.6. The molecule has 0 saturated carbocycles. The van der Waals surface area contributed by atoms with Crippen molar-refractivity contribution < 1.29 is 19.4 Å². The van der Waals surface area contributed by atoms with Crippen LogP contribution < -0.4 is 10.6 Å². The normalized spacial score (nSPS) is 21.2. The Balaban J connectivity index is 1.71. The van der Waals surface area contributed by atoms with Gasteiger partial charge in [-0.25, -0.2) is 4.79 Å². The van der Waals surface area contributed by atoms with Crippen molar-refractivity contribution >= 4 is 12.0 Å². The van der Waals surface area contributed by atoms with Gasteiger partial charge in [-0.05, 0) is 12.5 Å². The molecule has 0 aromatic heterocycles. The lowest BCUT2D eigenvalue weighted by atomic mass is 10.2. The molecule has 0 saturated heterocycles. The fourth-order valence-corrected chi connectivity index (χ4v) is 2.10. The Morgan fingerprint density at radius 3 is 2.68 bits per heavy atom. The van der Waals surface area contributed by atoms with Crippen LogP contribution in [0.4, 0.5) is 4.79 Å². The number of hydrogen-bond acceptors (Lipinski definition) is 4. The molecular weight excluding hydrogens is 284 g/mol. The van der Waals surface area contributed by atoms with Gasteiger partial charge < -0.3 is 20.5 Å². The molecule has 1 aromatic carbocycles. The number of amides is 2. The molecule has 0 radical (unpaired) electrons. The first kappa shape index (κ1) is 16.0. The van der Waals surface area contributed by atoms with Crippen LogP contribution in [-0.2, 0) is 16.1 Å². The lowest BCUT2D eigenvalue weighted by Crippen LogP contribution is -2.47. The van der Waals surface area contributed by atoms with E-state index in [1.807, 2.05) is 30.3 Å². The maximum absolute atomic E-state index is 11.9. The Hall–Kier alpha value is -2.34. The molecule has 6 heteroatoms. The molecule has 3 N–H and O–H groups in total. The van der Waals surface area contributed by atoms with Crippen molar-refractivity contribution in [2.75, 3.05) is 0 Å². The smallest absolute Gasteiger partial charge is 0.408 e. The topological polar surface area (TPSA) is 87.7 Å². The minimum atomic E-state index is -0.714. The summed E-state index contributed by atoms with van der Waals surface area (Å²) in [6.45, 7) is 1.73. The summed E-state index contributed by atoms with van der Waals surface area (Å²) in [6.07, 6.45) is 2.66. The number of alkyl carbamates (subject to hydrolysis) is 1. The number of rotatable bonds is 5. The predicted molar refractivity (Wildman–Crippen MR) is 80.9 cm³/mol. The summed E-state index contributed by atoms with van der Waals surface area (Å²) in [4.78, 5) is 23.6. The second kappa shape index (κ2) is 7.61. The number of hydrogen-bond donors (Lipinski definition) is 3. The predicted octanol–water partition coefficient (Wildman–Crippen LogP) is 1.11. The molecule has 0 unspecified atom stereocenters. The third-order valence-corrected chi connectivity index (χ3v) is 3.33. The summed E-state index contributed by atoms with van der Waals surface area (Å²) >= 11 is 0. The molecule has 3 atom stereocenters. The third-order valence-electron chi connectivity index (χ3n) is 3.33. The van der Waals surface area contributed by atoms with Crippen molar-refractivity contribution in [1.29, 1.82) is 0 Å². The van der Waals surface area contributed by atoms with Crippen molar-refractivity contribution in [2.24, 2.45) is 0 Å². The summed E-state index contributed by atoms with van der Waals surface area (Å²) in [5.74, 6) is -0.319. The summed E-state index contributed by atoms with van der Waals surface area (Å²) in [6, 6.07) is 8.38. The fraction of sp³-hybridized carbons (Fsp3) is 0.375. The Morgan fingerprint density at radius 2 is 2.05 bits per heavy atom. The first-order valence-corrected chi connectivity index (χ1v) is 7.18. The molecule has 1 aliphatic rings. The number of carbonyl (C=O) groups is 2. The molecule has 0 heterocycles. The minimum Gasteiger partial charge on any atom is -0.445 e. The average Bonchev–Trinajstić information content (AvgIpc) is 2.91. The van der Waals surface area contributed by atoms with Gasteiger partial charge in [0.25, 0.3) is 0 Å². The fourth-order valence-electron chi connectivity index (χ4n) is 2.10. The Labute approximate surface area is 129 Å². The first-order chi connectivity index (χ1) is 10.5. The van der Waals surface area contributed by atoms with Crippen molar-refractivity contribution in [2.45, 2.75) is 38.1 Å². The molecule has 0 bridgehead atoms. The average molecular weight is 304 g/mol. The zero-order valence-electron chi connectivity index (χ0n) is 12.4. The lowest BCUT2D eigenvalue weighted by molar-refractivity contribution is -0.123. The molecule has 6 nitrogen and oxygen atoms in total. The van der Waals surface area contributed by atoms with E-state index in [9.17, 15) is 14.7 Å². The van der Waals surface area contributed by atoms with Crippen LogP contribution in [0, 0.1) is 0 Å². The van der Waals surface area contributed by atoms with Crippen LogP contribution in [0.25, 0.3) is 0 Å². The number of aliphatic hydroxyl groups is 1. The van der Waals surface area contributed by atoms with Gasteiger partial charge >= 0.3 is 6.09 Å². The van der Waals surface area contributed by atoms with Crippen LogP contribution in [-0.4, -0.2) is 35.3 Å². The number of nitrogens with one attached hydrogen (secondary N) is 2. The van der Waals surface area contributed by atoms with Gasteiger partial charge in [0.15, 0.2) is 0 Å². The van der Waals surface area contributed by atoms with Gasteiger partial charge in [-0.1, -0.05) is 42.5 Å². The van der Waals surface area contributed by atoms with E-state index in [1.165, 1.54) is 0 Å². The standard InChI is InChI=1S/C16H20N2O4/c1-11(15(20)18-13-7-8-14(19)9-13)17-16(21)22-10-12-5-3-2-4-6-12/h2-8,11,13-14,19H,9-10H2,1H3,(H,17,21)(H,18,20)/t11-,13-,14+/m0/s1. The highest BCUT2D eigenvalue weighted by Crippen LogP contribution is 2.10. The van der Waals surface area contributed by atoms with Gasteiger partial charge in [0.2, 0.25) is 5.91 Å². The van der Waals surface area contributed by atoms with Gasteiger partial charge in [-0.15, -0.1) is 0 Å². The van der Waals surface area contributed by atoms with Crippen molar-refractivity contribution in [3.63, 3.8) is 0 Å². The van der Waals surface area contributed by atoms with E-state index in [1.54, 1.807) is 19.1 Å². The number of aliphatic hydroxyl groups excluding tert-OH is 1. The molecule has 2 amide bonds. The Morgan fingerprint density at radius 1 is 1.32 bits per heavy atom. The number of benzene rings is 1. The lowest BCUT2D eigenvalue weighted by Gasteiger charge is -2.17. The van der Waals surface area contributed by atoms with Crippen molar-refractivity contribution in [3.8, 4) is 0 Å². The largest absolute Gasteiger partial charge is 0.445 e. The molecular formula is C16H20N2O4. The van der Waals surface area contributed by atoms with Gasteiger partial charge in [-0.2, -0.15) is 0 Å². The summed E-state index contributed by atoms with van der Waals surface area (Å²) in [5.41, 5.74) is 0.875. The van der Waals surface area contributed by atoms with Crippen LogP contribution in [0.1, 0.15) is 18.9 Å². The van der Waals surface area contributed by atoms with Crippen LogP contribution >= 0.6 is 0 Å². The second-order valence-electron chi connectivity index (χ2n) is 5.23. The van der Waals surface area contributed by atoms with Crippen LogP contribution in [0.15, 0.2) is 42.5 Å². The Bertz CT molecular complexity index is 544. The highest BCUT2D eigenvalue weighted by atomic mass is 16.5. The number of carbonyl (C=O) groups excluding carboxylic acids is 2. The zero-order valence-corrected chi connectivity index (χ0v) is 12.4. The van der Waals surface area contributed by atoms with Crippen molar-refractivity contribution in [1.82, 2.24) is 10.6 Å². The summed E-state index contributed by atoms with van der Waals surface area (Å²) in [7, 11) is 0. The molecule has 2 rings (SSSR count). The third kappa shape index (κ3) is 4.89. The number of ether oxygens (including phenoxy) is 1. The van der Waals surface area contributed by atoms with E-state index in [0.29, 0.717) is 6.42 Å². The van der Waals surface area contributed by atoms with E-state index >= 15 is 0 Å². The molecule has 22 heavy (non-hydrogen) atoms. The van der Waals surface area contributed by atoms with E-state index in [-0.39, 0.29) is 18.6 Å². The van der Waals surface area contributed by atoms with Crippen LogP contribution in [0.5, 0.6) is 0 Å². The zero-order chi connectivity index (χ0) is 15.9. The van der Waals surface area contributed by atoms with E-state index < -0.39 is 18.2 Å². The molecule has 1 aliphatic carbocycles. The molecule has 0 fully saturated rings. The monoisotopic (exact) mass is 304 g/mol. The van der Waals surface area contributed by atoms with Crippen molar-refractivity contribution in [3.05, 3.63) is 48.0 Å².